The van der Waals surface area contributed by atoms with Crippen LogP contribution in [-0.2, 0) is 4.79 Å². The van der Waals surface area contributed by atoms with E-state index in [-0.39, 0.29) is 0 Å². The van der Waals surface area contributed by atoms with Crippen molar-refractivity contribution in [2.24, 2.45) is 0 Å². The normalized spacial score (nSPS) is 11.7. The van der Waals surface area contributed by atoms with E-state index in [4.69, 9.17) is 5.11 Å². The summed E-state index contributed by atoms with van der Waals surface area (Å²) >= 11 is 0. The van der Waals surface area contributed by atoms with Crippen LogP contribution in [0.5, 0.6) is 0 Å². The highest BCUT2D eigenvalue weighted by Gasteiger charge is 1.90. The third-order valence-electron chi connectivity index (χ3n) is 3.39. The molecule has 0 saturated carbocycles. The van der Waals surface area contributed by atoms with Gasteiger partial charge in [-0.3, -0.25) is 0 Å². The van der Waals surface area contributed by atoms with Crippen LogP contribution in [0.2, 0.25) is 0 Å². The average Bonchev–Trinajstić information content (AvgIpc) is 2.43. The molecule has 0 rings (SSSR count). The third-order valence-corrected chi connectivity index (χ3v) is 3.39. The van der Waals surface area contributed by atoms with Crippen LogP contribution >= 0.6 is 0 Å². The van der Waals surface area contributed by atoms with E-state index >= 15 is 0 Å². The van der Waals surface area contributed by atoms with Gasteiger partial charge in [-0.25, -0.2) is 4.79 Å². The van der Waals surface area contributed by atoms with Gasteiger partial charge in [-0.2, -0.15) is 0 Å². The number of allylic oxidation sites excluding steroid dienone is 3. The Hall–Kier alpha value is -1.05. The number of hydrogen-bond donors (Lipinski definition) is 1. The Morgan fingerprint density at radius 1 is 0.750 bits per heavy atom. The smallest absolute Gasteiger partial charge is 0.327 e. The van der Waals surface area contributed by atoms with Crippen molar-refractivity contribution < 1.29 is 9.90 Å². The van der Waals surface area contributed by atoms with Crippen molar-refractivity contribution in [3.63, 3.8) is 0 Å². The summed E-state index contributed by atoms with van der Waals surface area (Å²) in [6.45, 7) is 2.25. The molecule has 0 aromatic rings. The van der Waals surface area contributed by atoms with Crippen LogP contribution in [0.1, 0.15) is 84.0 Å². The van der Waals surface area contributed by atoms with E-state index in [2.05, 4.69) is 19.1 Å². The van der Waals surface area contributed by atoms with Gasteiger partial charge in [-0.1, -0.05) is 63.7 Å². The predicted molar refractivity (Wildman–Crippen MR) is 87.0 cm³/mol. The van der Waals surface area contributed by atoms with Gasteiger partial charge < -0.3 is 5.11 Å². The minimum absolute atomic E-state index is 0.841. The minimum atomic E-state index is -0.841. The van der Waals surface area contributed by atoms with E-state index in [1.165, 1.54) is 70.3 Å². The Bertz CT molecular complexity index is 267. The van der Waals surface area contributed by atoms with Gasteiger partial charge >= 0.3 is 5.97 Å². The number of carboxylic acid groups (broad SMARTS) is 1. The highest BCUT2D eigenvalue weighted by Crippen LogP contribution is 2.09. The van der Waals surface area contributed by atoms with Crippen molar-refractivity contribution in [3.8, 4) is 0 Å². The lowest BCUT2D eigenvalue weighted by molar-refractivity contribution is -0.131. The van der Waals surface area contributed by atoms with Gasteiger partial charge in [-0.05, 0) is 38.5 Å². The highest BCUT2D eigenvalue weighted by atomic mass is 16.4. The maximum Gasteiger partial charge on any atom is 0.327 e. The molecule has 0 radical (unpaired) electrons. The summed E-state index contributed by atoms with van der Waals surface area (Å²) < 4.78 is 0. The zero-order valence-electron chi connectivity index (χ0n) is 13.2. The van der Waals surface area contributed by atoms with Crippen LogP contribution in [-0.4, -0.2) is 11.1 Å². The summed E-state index contributed by atoms with van der Waals surface area (Å²) in [6, 6.07) is 0. The first-order valence-electron chi connectivity index (χ1n) is 8.31. The monoisotopic (exact) mass is 280 g/mol. The SMILES string of the molecule is CCCCCCC=CCCCCCCC/C=C\C(=O)O. The molecule has 20 heavy (non-hydrogen) atoms. The Morgan fingerprint density at radius 3 is 1.70 bits per heavy atom. The van der Waals surface area contributed by atoms with E-state index in [0.717, 1.165) is 12.8 Å². The van der Waals surface area contributed by atoms with E-state index < -0.39 is 5.97 Å². The summed E-state index contributed by atoms with van der Waals surface area (Å²) in [4.78, 5) is 10.2. The maximum absolute atomic E-state index is 10.2. The van der Waals surface area contributed by atoms with Crippen molar-refractivity contribution in [1.82, 2.24) is 0 Å². The molecule has 0 aliphatic heterocycles. The summed E-state index contributed by atoms with van der Waals surface area (Å²) in [6.07, 6.45) is 22.6. The lowest BCUT2D eigenvalue weighted by atomic mass is 10.1. The zero-order valence-corrected chi connectivity index (χ0v) is 13.2. The van der Waals surface area contributed by atoms with E-state index in [0.29, 0.717) is 0 Å². The molecule has 0 saturated heterocycles. The molecule has 0 atom stereocenters. The molecule has 1 N–H and O–H groups in total. The second-order valence-electron chi connectivity index (χ2n) is 5.41. The van der Waals surface area contributed by atoms with Gasteiger partial charge in [0.25, 0.3) is 0 Å². The van der Waals surface area contributed by atoms with E-state index in [9.17, 15) is 4.79 Å². The number of carbonyl (C=O) groups is 1. The van der Waals surface area contributed by atoms with Crippen molar-refractivity contribution in [3.05, 3.63) is 24.3 Å². The number of unbranched alkanes of at least 4 members (excludes halogenated alkanes) is 10. The molecule has 2 nitrogen and oxygen atoms in total. The Kier molecular flexibility index (Phi) is 15.2. The molecule has 2 heteroatoms. The molecular formula is C18H32O2. The van der Waals surface area contributed by atoms with Crippen molar-refractivity contribution in [1.29, 1.82) is 0 Å². The second-order valence-corrected chi connectivity index (χ2v) is 5.41. The third kappa shape index (κ3) is 16.9. The molecule has 0 bridgehead atoms. The van der Waals surface area contributed by atoms with Gasteiger partial charge in [0.2, 0.25) is 0 Å². The van der Waals surface area contributed by atoms with Crippen LogP contribution in [0.3, 0.4) is 0 Å². The summed E-state index contributed by atoms with van der Waals surface area (Å²) in [5.41, 5.74) is 0. The van der Waals surface area contributed by atoms with Crippen molar-refractivity contribution in [2.75, 3.05) is 0 Å². The Labute approximate surface area is 125 Å². The molecular weight excluding hydrogens is 248 g/mol. The van der Waals surface area contributed by atoms with Gasteiger partial charge in [0, 0.05) is 6.08 Å². The lowest BCUT2D eigenvalue weighted by Gasteiger charge is -1.98. The lowest BCUT2D eigenvalue weighted by Crippen LogP contribution is -1.85. The standard InChI is InChI=1S/C18H32O2/c1-2-3-4-5-6-7-8-9-10-11-12-13-14-15-16-17-18(19)20/h7-8,16-17H,2-6,9-15H2,1H3,(H,19,20)/b8-7?,17-16-. The molecule has 0 unspecified atom stereocenters. The van der Waals surface area contributed by atoms with Gasteiger partial charge in [-0.15, -0.1) is 0 Å². The van der Waals surface area contributed by atoms with E-state index in [1.807, 2.05) is 0 Å². The molecule has 116 valence electrons. The summed E-state index contributed by atoms with van der Waals surface area (Å²) in [5, 5.41) is 8.42. The van der Waals surface area contributed by atoms with Crippen LogP contribution in [0.15, 0.2) is 24.3 Å². The summed E-state index contributed by atoms with van der Waals surface area (Å²) in [5.74, 6) is -0.841. The van der Waals surface area contributed by atoms with Crippen LogP contribution in [0.25, 0.3) is 0 Å². The number of rotatable bonds is 14. The predicted octanol–water partition coefficient (Wildman–Crippen LogP) is 5.88. The minimum Gasteiger partial charge on any atom is -0.478 e. The fraction of sp³-hybridized carbons (Fsp3) is 0.722. The number of hydrogen-bond acceptors (Lipinski definition) is 1. The topological polar surface area (TPSA) is 37.3 Å². The first-order chi connectivity index (χ1) is 9.77. The van der Waals surface area contributed by atoms with Gasteiger partial charge in [0.15, 0.2) is 0 Å². The summed E-state index contributed by atoms with van der Waals surface area (Å²) in [7, 11) is 0. The van der Waals surface area contributed by atoms with Gasteiger partial charge in [0.05, 0.1) is 0 Å². The van der Waals surface area contributed by atoms with Crippen molar-refractivity contribution >= 4 is 5.97 Å². The second kappa shape index (κ2) is 16.0. The largest absolute Gasteiger partial charge is 0.478 e. The van der Waals surface area contributed by atoms with Crippen LogP contribution in [0, 0.1) is 0 Å². The number of aliphatic carboxylic acids is 1. The molecule has 0 aromatic carbocycles. The maximum atomic E-state index is 10.2. The fourth-order valence-corrected chi connectivity index (χ4v) is 2.16. The molecule has 0 heterocycles. The molecule has 0 aliphatic rings. The average molecular weight is 280 g/mol. The van der Waals surface area contributed by atoms with Crippen LogP contribution < -0.4 is 0 Å². The zero-order chi connectivity index (χ0) is 14.9. The molecule has 0 fully saturated rings. The molecule has 0 amide bonds. The Morgan fingerprint density at radius 2 is 1.20 bits per heavy atom. The van der Waals surface area contributed by atoms with Crippen molar-refractivity contribution in [2.45, 2.75) is 84.0 Å². The molecule has 0 aromatic heterocycles. The van der Waals surface area contributed by atoms with Crippen LogP contribution in [0.4, 0.5) is 0 Å². The number of carboxylic acids is 1. The van der Waals surface area contributed by atoms with Gasteiger partial charge in [0.1, 0.15) is 0 Å². The first kappa shape index (κ1) is 18.9. The molecule has 0 spiro atoms. The highest BCUT2D eigenvalue weighted by molar-refractivity contribution is 5.79. The fourth-order valence-electron chi connectivity index (χ4n) is 2.16. The first-order valence-corrected chi connectivity index (χ1v) is 8.31. The quantitative estimate of drug-likeness (QED) is 0.245. The molecule has 0 aliphatic carbocycles. The Balaban J connectivity index is 3.12. The van der Waals surface area contributed by atoms with E-state index in [1.54, 1.807) is 6.08 Å².